The molecule has 0 aliphatic carbocycles. The fourth-order valence-corrected chi connectivity index (χ4v) is 3.66. The van der Waals surface area contributed by atoms with E-state index in [0.717, 1.165) is 15.6 Å². The van der Waals surface area contributed by atoms with Crippen LogP contribution in [0.15, 0.2) is 65.7 Å². The topological polar surface area (TPSA) is 29.5 Å². The van der Waals surface area contributed by atoms with Crippen molar-refractivity contribution in [3.05, 3.63) is 82.6 Å². The Morgan fingerprint density at radius 1 is 1.27 bits per heavy atom. The fraction of sp³-hybridized carbons (Fsp3) is 0.286. The van der Waals surface area contributed by atoms with Gasteiger partial charge in [-0.15, -0.1) is 6.58 Å². The lowest BCUT2D eigenvalue weighted by Gasteiger charge is -2.43. The van der Waals surface area contributed by atoms with Gasteiger partial charge in [0, 0.05) is 23.9 Å². The second kappa shape index (κ2) is 7.62. The Morgan fingerprint density at radius 2 is 1.92 bits per heavy atom. The van der Waals surface area contributed by atoms with Crippen LogP contribution in [0.4, 0.5) is 9.18 Å². The van der Waals surface area contributed by atoms with E-state index in [1.54, 1.807) is 23.1 Å². The number of benzene rings is 2. The predicted octanol–water partition coefficient (Wildman–Crippen LogP) is 5.96. The second-order valence-electron chi connectivity index (χ2n) is 6.53. The molecule has 1 aliphatic rings. The van der Waals surface area contributed by atoms with Crippen LogP contribution in [-0.4, -0.2) is 17.5 Å². The van der Waals surface area contributed by atoms with Crippen molar-refractivity contribution in [3.8, 4) is 0 Å². The van der Waals surface area contributed by atoms with E-state index in [0.29, 0.717) is 19.4 Å². The molecule has 0 saturated carbocycles. The zero-order chi connectivity index (χ0) is 18.7. The smallest absolute Gasteiger partial charge is 0.411 e. The number of carbonyl (C=O) groups excluding carboxylic acids is 1. The summed E-state index contributed by atoms with van der Waals surface area (Å²) in [5, 5.41) is 0. The van der Waals surface area contributed by atoms with Gasteiger partial charge in [-0.05, 0) is 42.3 Å². The molecule has 1 unspecified atom stereocenters. The van der Waals surface area contributed by atoms with Crippen molar-refractivity contribution in [3.63, 3.8) is 0 Å². The SMILES string of the molecule is C=CC[C@@]1(c2ccc(F)cc2)CCN(C(C)c2ccc(Br)cc2)C(=O)O1. The van der Waals surface area contributed by atoms with Gasteiger partial charge in [-0.1, -0.05) is 46.3 Å². The monoisotopic (exact) mass is 417 g/mol. The number of ether oxygens (including phenoxy) is 1. The molecule has 2 atom stereocenters. The maximum absolute atomic E-state index is 13.3. The molecule has 136 valence electrons. The van der Waals surface area contributed by atoms with Crippen molar-refractivity contribution in [2.24, 2.45) is 0 Å². The molecule has 5 heteroatoms. The minimum atomic E-state index is -0.789. The van der Waals surface area contributed by atoms with E-state index < -0.39 is 5.60 Å². The maximum Gasteiger partial charge on any atom is 0.411 e. The summed E-state index contributed by atoms with van der Waals surface area (Å²) in [5.74, 6) is -0.310. The third-order valence-electron chi connectivity index (χ3n) is 4.94. The zero-order valence-corrected chi connectivity index (χ0v) is 16.2. The van der Waals surface area contributed by atoms with Crippen LogP contribution in [0.3, 0.4) is 0 Å². The molecule has 1 fully saturated rings. The second-order valence-corrected chi connectivity index (χ2v) is 7.45. The lowest BCUT2D eigenvalue weighted by atomic mass is 9.85. The van der Waals surface area contributed by atoms with Gasteiger partial charge in [-0.2, -0.15) is 0 Å². The largest absolute Gasteiger partial charge is 0.437 e. The Balaban J connectivity index is 1.83. The number of cyclic esters (lactones) is 1. The highest BCUT2D eigenvalue weighted by Gasteiger charge is 2.42. The fourth-order valence-electron chi connectivity index (χ4n) is 3.39. The molecule has 2 aromatic rings. The Kier molecular flexibility index (Phi) is 5.47. The molecule has 1 saturated heterocycles. The van der Waals surface area contributed by atoms with Crippen molar-refractivity contribution in [1.29, 1.82) is 0 Å². The molecular weight excluding hydrogens is 397 g/mol. The normalized spacial score (nSPS) is 21.2. The summed E-state index contributed by atoms with van der Waals surface area (Å²) in [6, 6.07) is 14.0. The van der Waals surface area contributed by atoms with Crippen LogP contribution in [-0.2, 0) is 10.3 Å². The first-order valence-corrected chi connectivity index (χ1v) is 9.36. The summed E-state index contributed by atoms with van der Waals surface area (Å²) in [5.41, 5.74) is 1.05. The van der Waals surface area contributed by atoms with Crippen molar-refractivity contribution in [2.45, 2.75) is 31.4 Å². The van der Waals surface area contributed by atoms with Crippen LogP contribution < -0.4 is 0 Å². The van der Waals surface area contributed by atoms with Gasteiger partial charge in [0.2, 0.25) is 0 Å². The van der Waals surface area contributed by atoms with E-state index in [1.807, 2.05) is 31.2 Å². The molecule has 3 rings (SSSR count). The van der Waals surface area contributed by atoms with E-state index in [-0.39, 0.29) is 18.0 Å². The van der Waals surface area contributed by atoms with E-state index in [2.05, 4.69) is 22.5 Å². The van der Waals surface area contributed by atoms with Gasteiger partial charge in [0.05, 0.1) is 6.04 Å². The quantitative estimate of drug-likeness (QED) is 0.561. The molecule has 0 radical (unpaired) electrons. The molecule has 1 amide bonds. The first-order chi connectivity index (χ1) is 12.4. The molecule has 2 aromatic carbocycles. The lowest BCUT2D eigenvalue weighted by molar-refractivity contribution is -0.0588. The number of halogens is 2. The van der Waals surface area contributed by atoms with Crippen LogP contribution >= 0.6 is 15.9 Å². The molecule has 0 aromatic heterocycles. The number of carbonyl (C=O) groups is 1. The van der Waals surface area contributed by atoms with Gasteiger partial charge in [0.25, 0.3) is 0 Å². The highest BCUT2D eigenvalue weighted by molar-refractivity contribution is 9.10. The molecule has 0 N–H and O–H groups in total. The van der Waals surface area contributed by atoms with Crippen LogP contribution in [0.25, 0.3) is 0 Å². The van der Waals surface area contributed by atoms with Gasteiger partial charge in [0.15, 0.2) is 0 Å². The van der Waals surface area contributed by atoms with Crippen molar-refractivity contribution in [2.75, 3.05) is 6.54 Å². The summed E-state index contributed by atoms with van der Waals surface area (Å²) in [6.45, 7) is 6.34. The Morgan fingerprint density at radius 3 is 2.50 bits per heavy atom. The van der Waals surface area contributed by atoms with E-state index in [9.17, 15) is 9.18 Å². The molecule has 26 heavy (non-hydrogen) atoms. The van der Waals surface area contributed by atoms with Crippen LogP contribution in [0, 0.1) is 5.82 Å². The molecule has 0 spiro atoms. The maximum atomic E-state index is 13.3. The van der Waals surface area contributed by atoms with Gasteiger partial charge in [-0.25, -0.2) is 9.18 Å². The predicted molar refractivity (Wildman–Crippen MR) is 103 cm³/mol. The van der Waals surface area contributed by atoms with Gasteiger partial charge in [0.1, 0.15) is 11.4 Å². The van der Waals surface area contributed by atoms with Crippen LogP contribution in [0.5, 0.6) is 0 Å². The average Bonchev–Trinajstić information content (AvgIpc) is 2.63. The molecule has 1 aliphatic heterocycles. The Hall–Kier alpha value is -2.14. The van der Waals surface area contributed by atoms with Crippen LogP contribution in [0.2, 0.25) is 0 Å². The molecule has 1 heterocycles. The number of amides is 1. The number of hydrogen-bond donors (Lipinski definition) is 0. The van der Waals surface area contributed by atoms with Crippen molar-refractivity contribution in [1.82, 2.24) is 4.90 Å². The van der Waals surface area contributed by atoms with E-state index in [4.69, 9.17) is 4.74 Å². The Bertz CT molecular complexity index is 791. The standard InChI is InChI=1S/C21H21BrFNO2/c1-3-12-21(17-6-10-19(23)11-7-17)13-14-24(20(25)26-21)15(2)16-4-8-18(22)9-5-16/h3-11,15H,1,12-14H2,2H3/t15?,21-/m0/s1. The summed E-state index contributed by atoms with van der Waals surface area (Å²) >= 11 is 3.42. The molecule has 3 nitrogen and oxygen atoms in total. The van der Waals surface area contributed by atoms with Crippen molar-refractivity contribution >= 4 is 22.0 Å². The summed E-state index contributed by atoms with van der Waals surface area (Å²) in [6.07, 6.45) is 2.49. The van der Waals surface area contributed by atoms with E-state index >= 15 is 0 Å². The minimum absolute atomic E-state index is 0.0921. The number of rotatable bonds is 5. The van der Waals surface area contributed by atoms with Gasteiger partial charge in [-0.3, -0.25) is 0 Å². The van der Waals surface area contributed by atoms with Gasteiger partial charge < -0.3 is 9.64 Å². The Labute approximate surface area is 161 Å². The third-order valence-corrected chi connectivity index (χ3v) is 5.47. The first kappa shape index (κ1) is 18.6. The number of hydrogen-bond acceptors (Lipinski definition) is 2. The summed E-state index contributed by atoms with van der Waals surface area (Å²) in [4.78, 5) is 14.5. The number of nitrogens with zero attached hydrogens (tertiary/aromatic N) is 1. The summed E-state index contributed by atoms with van der Waals surface area (Å²) in [7, 11) is 0. The molecule has 0 bridgehead atoms. The summed E-state index contributed by atoms with van der Waals surface area (Å²) < 4.78 is 20.2. The van der Waals surface area contributed by atoms with Gasteiger partial charge >= 0.3 is 6.09 Å². The van der Waals surface area contributed by atoms with Crippen LogP contribution in [0.1, 0.15) is 36.9 Å². The third kappa shape index (κ3) is 3.68. The highest BCUT2D eigenvalue weighted by atomic mass is 79.9. The minimum Gasteiger partial charge on any atom is -0.437 e. The van der Waals surface area contributed by atoms with Crippen molar-refractivity contribution < 1.29 is 13.9 Å². The molecular formula is C21H21BrFNO2. The average molecular weight is 418 g/mol. The highest BCUT2D eigenvalue weighted by Crippen LogP contribution is 2.39. The van der Waals surface area contributed by atoms with E-state index in [1.165, 1.54) is 12.1 Å². The first-order valence-electron chi connectivity index (χ1n) is 8.57. The zero-order valence-electron chi connectivity index (χ0n) is 14.6. The lowest BCUT2D eigenvalue weighted by Crippen LogP contribution is -2.48.